The molecule has 2 aromatic rings. The number of amides is 1. The summed E-state index contributed by atoms with van der Waals surface area (Å²) >= 11 is 1.05. The molecule has 2 rings (SSSR count). The summed E-state index contributed by atoms with van der Waals surface area (Å²) in [6.45, 7) is 3.29. The second-order valence-electron chi connectivity index (χ2n) is 4.26. The molecule has 0 aliphatic heterocycles. The molecule has 1 heterocycles. The molecule has 0 spiro atoms. The minimum absolute atomic E-state index is 0.0999. The molecule has 0 aliphatic rings. The fourth-order valence-corrected chi connectivity index (χ4v) is 2.06. The lowest BCUT2D eigenvalue weighted by atomic mass is 10.3. The highest BCUT2D eigenvalue weighted by atomic mass is 32.2. The van der Waals surface area contributed by atoms with E-state index in [9.17, 15) is 9.18 Å². The van der Waals surface area contributed by atoms with Crippen molar-refractivity contribution in [1.82, 2.24) is 10.2 Å². The Morgan fingerprint density at radius 1 is 1.38 bits per heavy atom. The highest BCUT2D eigenvalue weighted by Gasteiger charge is 2.20. The zero-order valence-corrected chi connectivity index (χ0v) is 12.3. The summed E-state index contributed by atoms with van der Waals surface area (Å²) < 4.78 is 24.3. The van der Waals surface area contributed by atoms with Crippen LogP contribution in [-0.2, 0) is 4.79 Å². The monoisotopic (exact) mass is 311 g/mol. The summed E-state index contributed by atoms with van der Waals surface area (Å²) in [6.07, 6.45) is -0.618. The smallest absolute Gasteiger partial charge is 0.277 e. The van der Waals surface area contributed by atoms with Crippen LogP contribution in [-0.4, -0.2) is 21.4 Å². The predicted octanol–water partition coefficient (Wildman–Crippen LogP) is 2.31. The highest BCUT2D eigenvalue weighted by Crippen LogP contribution is 2.27. The van der Waals surface area contributed by atoms with Crippen LogP contribution in [0.25, 0.3) is 0 Å². The van der Waals surface area contributed by atoms with Crippen molar-refractivity contribution < 1.29 is 18.3 Å². The highest BCUT2D eigenvalue weighted by molar-refractivity contribution is 8.00. The van der Waals surface area contributed by atoms with E-state index in [1.54, 1.807) is 26.0 Å². The van der Waals surface area contributed by atoms with Crippen LogP contribution in [0.1, 0.15) is 25.8 Å². The normalized spacial score (nSPS) is 13.7. The molecule has 0 unspecified atom stereocenters. The number of carbonyl (C=O) groups is 1. The van der Waals surface area contributed by atoms with Gasteiger partial charge in [-0.3, -0.25) is 4.79 Å². The molecule has 0 bridgehead atoms. The van der Waals surface area contributed by atoms with E-state index in [0.717, 1.165) is 11.8 Å². The molecule has 112 valence electrons. The van der Waals surface area contributed by atoms with Crippen LogP contribution in [0.15, 0.2) is 33.9 Å². The number of nitrogens with two attached hydrogens (primary N) is 1. The van der Waals surface area contributed by atoms with E-state index in [2.05, 4.69) is 10.2 Å². The van der Waals surface area contributed by atoms with Crippen molar-refractivity contribution in [2.24, 2.45) is 5.73 Å². The lowest BCUT2D eigenvalue weighted by Crippen LogP contribution is -2.22. The third-order valence-corrected chi connectivity index (χ3v) is 3.54. The number of aromatic nitrogens is 2. The lowest BCUT2D eigenvalue weighted by molar-refractivity contribution is -0.117. The number of hydrogen-bond acceptors (Lipinski definition) is 6. The maximum Gasteiger partial charge on any atom is 0.277 e. The molecule has 2 atom stereocenters. The molecule has 8 heteroatoms. The largest absolute Gasteiger partial charge is 0.478 e. The van der Waals surface area contributed by atoms with Gasteiger partial charge in [0.15, 0.2) is 17.7 Å². The fraction of sp³-hybridized carbons (Fsp3) is 0.308. The molecule has 0 radical (unpaired) electrons. The average Bonchev–Trinajstić information content (AvgIpc) is 2.89. The van der Waals surface area contributed by atoms with Crippen molar-refractivity contribution in [3.8, 4) is 5.75 Å². The van der Waals surface area contributed by atoms with Crippen LogP contribution >= 0.6 is 11.8 Å². The summed E-state index contributed by atoms with van der Waals surface area (Å²) in [5.74, 6) is -0.656. The molecule has 2 N–H and O–H groups in total. The lowest BCUT2D eigenvalue weighted by Gasteiger charge is -2.11. The van der Waals surface area contributed by atoms with Gasteiger partial charge in [-0.25, -0.2) is 4.39 Å². The minimum Gasteiger partial charge on any atom is -0.478 e. The maximum absolute atomic E-state index is 13.5. The number of nitrogens with zero attached hydrogens (tertiary/aromatic N) is 2. The maximum atomic E-state index is 13.5. The molecule has 0 fully saturated rings. The number of halogens is 1. The number of hydrogen-bond donors (Lipinski definition) is 1. The van der Waals surface area contributed by atoms with E-state index in [0.29, 0.717) is 0 Å². The zero-order valence-electron chi connectivity index (χ0n) is 11.4. The standard InChI is InChI=1S/C13H14FN3O3S/c1-7(19-10-6-4-3-5-9(10)14)12-16-17-13(20-12)21-8(2)11(15)18/h3-8H,1-2H3,(H2,15,18)/t7-,8-/m1/s1. The Morgan fingerprint density at radius 3 is 2.76 bits per heavy atom. The number of rotatable bonds is 6. The first-order chi connectivity index (χ1) is 9.97. The molecule has 1 aromatic carbocycles. The predicted molar refractivity (Wildman–Crippen MR) is 74.3 cm³/mol. The van der Waals surface area contributed by atoms with Crippen molar-refractivity contribution >= 4 is 17.7 Å². The fourth-order valence-electron chi connectivity index (χ4n) is 1.42. The Hall–Kier alpha value is -2.09. The van der Waals surface area contributed by atoms with E-state index in [1.165, 1.54) is 12.1 Å². The van der Waals surface area contributed by atoms with Crippen molar-refractivity contribution in [3.63, 3.8) is 0 Å². The zero-order chi connectivity index (χ0) is 15.4. The SMILES string of the molecule is C[C@@H](Sc1nnc([C@@H](C)Oc2ccccc2F)o1)C(N)=O. The van der Waals surface area contributed by atoms with Gasteiger partial charge in [0, 0.05) is 0 Å². The summed E-state index contributed by atoms with van der Waals surface area (Å²) in [4.78, 5) is 11.0. The van der Waals surface area contributed by atoms with Gasteiger partial charge < -0.3 is 14.9 Å². The van der Waals surface area contributed by atoms with Crippen molar-refractivity contribution in [2.75, 3.05) is 0 Å². The number of primary amides is 1. The molecule has 21 heavy (non-hydrogen) atoms. The van der Waals surface area contributed by atoms with Crippen LogP contribution < -0.4 is 10.5 Å². The molecule has 1 amide bonds. The van der Waals surface area contributed by atoms with Crippen LogP contribution in [0.2, 0.25) is 0 Å². The Balaban J connectivity index is 2.04. The number of benzene rings is 1. The topological polar surface area (TPSA) is 91.2 Å². The second kappa shape index (κ2) is 6.57. The van der Waals surface area contributed by atoms with Gasteiger partial charge in [-0.05, 0) is 26.0 Å². The molecular weight excluding hydrogens is 297 g/mol. The van der Waals surface area contributed by atoms with Gasteiger partial charge in [0.25, 0.3) is 11.1 Å². The Kier molecular flexibility index (Phi) is 4.79. The number of thioether (sulfide) groups is 1. The van der Waals surface area contributed by atoms with Crippen molar-refractivity contribution in [2.45, 2.75) is 30.4 Å². The van der Waals surface area contributed by atoms with Gasteiger partial charge in [-0.2, -0.15) is 0 Å². The van der Waals surface area contributed by atoms with Crippen LogP contribution in [0.4, 0.5) is 4.39 Å². The first-order valence-corrected chi connectivity index (χ1v) is 7.06. The Bertz CT molecular complexity index is 635. The second-order valence-corrected chi connectivity index (χ2v) is 5.55. The number of carbonyl (C=O) groups excluding carboxylic acids is 1. The summed E-state index contributed by atoms with van der Waals surface area (Å²) in [6, 6.07) is 6.03. The first kappa shape index (κ1) is 15.3. The molecule has 0 saturated heterocycles. The molecular formula is C13H14FN3O3S. The van der Waals surface area contributed by atoms with Crippen LogP contribution in [0.5, 0.6) is 5.75 Å². The van der Waals surface area contributed by atoms with Gasteiger partial charge in [0.05, 0.1) is 5.25 Å². The van der Waals surface area contributed by atoms with Crippen LogP contribution in [0, 0.1) is 5.82 Å². The number of para-hydroxylation sites is 1. The van der Waals surface area contributed by atoms with E-state index in [4.69, 9.17) is 14.9 Å². The Morgan fingerprint density at radius 2 is 2.10 bits per heavy atom. The van der Waals surface area contributed by atoms with E-state index in [1.807, 2.05) is 0 Å². The van der Waals surface area contributed by atoms with Gasteiger partial charge in [0.2, 0.25) is 5.91 Å². The van der Waals surface area contributed by atoms with Gasteiger partial charge in [-0.1, -0.05) is 23.9 Å². The number of ether oxygens (including phenoxy) is 1. The Labute approximate surface area is 124 Å². The van der Waals surface area contributed by atoms with E-state index in [-0.39, 0.29) is 16.9 Å². The average molecular weight is 311 g/mol. The van der Waals surface area contributed by atoms with Crippen LogP contribution in [0.3, 0.4) is 0 Å². The third kappa shape index (κ3) is 3.94. The quantitative estimate of drug-likeness (QED) is 0.823. The molecule has 0 saturated carbocycles. The molecule has 1 aromatic heterocycles. The molecule has 6 nitrogen and oxygen atoms in total. The minimum atomic E-state index is -0.618. The van der Waals surface area contributed by atoms with Crippen molar-refractivity contribution in [1.29, 1.82) is 0 Å². The van der Waals surface area contributed by atoms with E-state index < -0.39 is 23.1 Å². The van der Waals surface area contributed by atoms with Gasteiger partial charge in [0.1, 0.15) is 0 Å². The van der Waals surface area contributed by atoms with Crippen molar-refractivity contribution in [3.05, 3.63) is 36.0 Å². The third-order valence-electron chi connectivity index (χ3n) is 2.59. The molecule has 0 aliphatic carbocycles. The summed E-state index contributed by atoms with van der Waals surface area (Å²) in [5.41, 5.74) is 5.15. The summed E-state index contributed by atoms with van der Waals surface area (Å²) in [5, 5.41) is 7.33. The van der Waals surface area contributed by atoms with Gasteiger partial charge in [-0.15, -0.1) is 10.2 Å². The first-order valence-electron chi connectivity index (χ1n) is 6.18. The van der Waals surface area contributed by atoms with E-state index >= 15 is 0 Å². The summed E-state index contributed by atoms with van der Waals surface area (Å²) in [7, 11) is 0. The van der Waals surface area contributed by atoms with Gasteiger partial charge >= 0.3 is 0 Å².